The van der Waals surface area contributed by atoms with E-state index in [2.05, 4.69) is 5.32 Å². The number of nitrogens with zero attached hydrogens (tertiary/aromatic N) is 1. The van der Waals surface area contributed by atoms with Gasteiger partial charge in [-0.15, -0.1) is 0 Å². The molecular formula is C15H14N2O6. The Kier molecular flexibility index (Phi) is 3.51. The number of ether oxygens (including phenoxy) is 2. The predicted octanol–water partition coefficient (Wildman–Crippen LogP) is 0.105. The molecule has 23 heavy (non-hydrogen) atoms. The molecule has 120 valence electrons. The minimum Gasteiger partial charge on any atom is -0.493 e. The maximum absolute atomic E-state index is 12.7. The number of piperidine rings is 1. The molecule has 4 amide bonds. The van der Waals surface area contributed by atoms with Crippen molar-refractivity contribution in [2.75, 3.05) is 14.2 Å². The highest BCUT2D eigenvalue weighted by molar-refractivity contribution is 6.24. The summed E-state index contributed by atoms with van der Waals surface area (Å²) < 4.78 is 10.3. The fourth-order valence-electron chi connectivity index (χ4n) is 2.87. The Bertz CT molecular complexity index is 742. The lowest BCUT2D eigenvalue weighted by Gasteiger charge is -2.27. The standard InChI is InChI=1S/C15H14N2O6/c1-22-9-5-3-7-11(12(9)23-2)15(21)17(14(7)20)8-4-6-10(18)16-13(8)19/h3,5,8H,4,6H2,1-2H3,(H,16,18,19). The Morgan fingerprint density at radius 3 is 2.43 bits per heavy atom. The Morgan fingerprint density at radius 1 is 1.09 bits per heavy atom. The van der Waals surface area contributed by atoms with Crippen LogP contribution in [0.4, 0.5) is 0 Å². The number of amides is 4. The molecule has 2 aliphatic rings. The molecule has 0 bridgehead atoms. The number of hydrogen-bond acceptors (Lipinski definition) is 6. The molecule has 0 aromatic heterocycles. The van der Waals surface area contributed by atoms with Crippen molar-refractivity contribution < 1.29 is 28.7 Å². The third-order valence-corrected chi connectivity index (χ3v) is 3.95. The number of imide groups is 2. The van der Waals surface area contributed by atoms with Crippen molar-refractivity contribution in [3.63, 3.8) is 0 Å². The van der Waals surface area contributed by atoms with E-state index < -0.39 is 29.7 Å². The topological polar surface area (TPSA) is 102 Å². The second-order valence-corrected chi connectivity index (χ2v) is 5.17. The van der Waals surface area contributed by atoms with Gasteiger partial charge in [-0.25, -0.2) is 0 Å². The number of carbonyl (C=O) groups is 4. The van der Waals surface area contributed by atoms with Gasteiger partial charge in [0.2, 0.25) is 11.8 Å². The van der Waals surface area contributed by atoms with Crippen LogP contribution in [0.2, 0.25) is 0 Å². The molecule has 1 N–H and O–H groups in total. The van der Waals surface area contributed by atoms with Crippen LogP contribution in [0.15, 0.2) is 12.1 Å². The number of nitrogens with one attached hydrogen (secondary N) is 1. The second-order valence-electron chi connectivity index (χ2n) is 5.17. The van der Waals surface area contributed by atoms with E-state index >= 15 is 0 Å². The smallest absolute Gasteiger partial charge is 0.266 e. The lowest BCUT2D eigenvalue weighted by atomic mass is 10.0. The van der Waals surface area contributed by atoms with Gasteiger partial charge in [0.1, 0.15) is 6.04 Å². The maximum atomic E-state index is 12.7. The van der Waals surface area contributed by atoms with Crippen molar-refractivity contribution in [3.05, 3.63) is 23.3 Å². The predicted molar refractivity (Wildman–Crippen MR) is 76.2 cm³/mol. The second kappa shape index (κ2) is 5.38. The molecule has 3 rings (SSSR count). The maximum Gasteiger partial charge on any atom is 0.266 e. The van der Waals surface area contributed by atoms with E-state index in [0.29, 0.717) is 5.75 Å². The van der Waals surface area contributed by atoms with Crippen LogP contribution < -0.4 is 14.8 Å². The Balaban J connectivity index is 2.04. The Labute approximate surface area is 131 Å². The number of benzene rings is 1. The zero-order chi connectivity index (χ0) is 16.7. The van der Waals surface area contributed by atoms with Crippen LogP contribution in [0, 0.1) is 0 Å². The number of rotatable bonds is 3. The van der Waals surface area contributed by atoms with Crippen molar-refractivity contribution in [1.29, 1.82) is 0 Å². The highest BCUT2D eigenvalue weighted by atomic mass is 16.5. The summed E-state index contributed by atoms with van der Waals surface area (Å²) >= 11 is 0. The van der Waals surface area contributed by atoms with Crippen molar-refractivity contribution in [2.45, 2.75) is 18.9 Å². The lowest BCUT2D eigenvalue weighted by Crippen LogP contribution is -2.54. The molecule has 1 unspecified atom stereocenters. The molecule has 1 aromatic carbocycles. The number of fused-ring (bicyclic) bond motifs is 1. The fraction of sp³-hybridized carbons (Fsp3) is 0.333. The first kappa shape index (κ1) is 15.0. The van der Waals surface area contributed by atoms with Gasteiger partial charge < -0.3 is 9.47 Å². The molecule has 0 aliphatic carbocycles. The quantitative estimate of drug-likeness (QED) is 0.793. The third kappa shape index (κ3) is 2.14. The van der Waals surface area contributed by atoms with Gasteiger partial charge in [-0.05, 0) is 18.6 Å². The Hall–Kier alpha value is -2.90. The highest BCUT2D eigenvalue weighted by Crippen LogP contribution is 2.39. The van der Waals surface area contributed by atoms with Crippen LogP contribution in [-0.2, 0) is 9.59 Å². The molecule has 1 saturated heterocycles. The first-order valence-corrected chi connectivity index (χ1v) is 6.96. The summed E-state index contributed by atoms with van der Waals surface area (Å²) in [5.41, 5.74) is 0.221. The molecule has 1 fully saturated rings. The molecule has 1 aromatic rings. The van der Waals surface area contributed by atoms with Crippen molar-refractivity contribution in [3.8, 4) is 11.5 Å². The number of carbonyl (C=O) groups excluding carboxylic acids is 4. The van der Waals surface area contributed by atoms with E-state index in [0.717, 1.165) is 4.90 Å². The first-order chi connectivity index (χ1) is 11.0. The van der Waals surface area contributed by atoms with Crippen molar-refractivity contribution >= 4 is 23.6 Å². The van der Waals surface area contributed by atoms with Gasteiger partial charge in [-0.1, -0.05) is 0 Å². The van der Waals surface area contributed by atoms with Gasteiger partial charge >= 0.3 is 0 Å². The lowest BCUT2D eigenvalue weighted by molar-refractivity contribution is -0.136. The molecule has 2 heterocycles. The van der Waals surface area contributed by atoms with Crippen LogP contribution in [0.3, 0.4) is 0 Å². The summed E-state index contributed by atoms with van der Waals surface area (Å²) in [6.07, 6.45) is 0.180. The molecule has 0 radical (unpaired) electrons. The van der Waals surface area contributed by atoms with E-state index in [9.17, 15) is 19.2 Å². The molecular weight excluding hydrogens is 304 g/mol. The van der Waals surface area contributed by atoms with E-state index in [4.69, 9.17) is 9.47 Å². The van der Waals surface area contributed by atoms with Crippen LogP contribution >= 0.6 is 0 Å². The molecule has 0 spiro atoms. The zero-order valence-corrected chi connectivity index (χ0v) is 12.5. The van der Waals surface area contributed by atoms with Crippen LogP contribution in [0.25, 0.3) is 0 Å². The average Bonchev–Trinajstić information content (AvgIpc) is 2.78. The minimum absolute atomic E-state index is 0.0709. The van der Waals surface area contributed by atoms with E-state index in [1.807, 2.05) is 0 Å². The number of methoxy groups -OCH3 is 2. The average molecular weight is 318 g/mol. The molecule has 2 aliphatic heterocycles. The van der Waals surface area contributed by atoms with Gasteiger partial charge in [0, 0.05) is 6.42 Å². The molecule has 8 heteroatoms. The van der Waals surface area contributed by atoms with Gasteiger partial charge in [0.25, 0.3) is 11.8 Å². The minimum atomic E-state index is -1.00. The summed E-state index contributed by atoms with van der Waals surface area (Å²) in [5.74, 6) is -1.81. The van der Waals surface area contributed by atoms with Crippen LogP contribution in [0.1, 0.15) is 33.6 Å². The van der Waals surface area contributed by atoms with E-state index in [1.54, 1.807) is 0 Å². The SMILES string of the molecule is COc1ccc2c(c1OC)C(=O)N(C1CCC(=O)NC1=O)C2=O. The summed E-state index contributed by atoms with van der Waals surface area (Å²) in [6.45, 7) is 0. The fourth-order valence-corrected chi connectivity index (χ4v) is 2.87. The number of hydrogen-bond donors (Lipinski definition) is 1. The summed E-state index contributed by atoms with van der Waals surface area (Å²) in [4.78, 5) is 49.3. The molecule has 0 saturated carbocycles. The third-order valence-electron chi connectivity index (χ3n) is 3.95. The van der Waals surface area contributed by atoms with E-state index in [-0.39, 0.29) is 29.7 Å². The van der Waals surface area contributed by atoms with Crippen molar-refractivity contribution in [1.82, 2.24) is 10.2 Å². The summed E-state index contributed by atoms with van der Waals surface area (Å²) in [7, 11) is 2.79. The Morgan fingerprint density at radius 2 is 1.83 bits per heavy atom. The van der Waals surface area contributed by atoms with Gasteiger partial charge in [-0.2, -0.15) is 0 Å². The van der Waals surface area contributed by atoms with Gasteiger partial charge in [0.05, 0.1) is 25.3 Å². The first-order valence-electron chi connectivity index (χ1n) is 6.96. The van der Waals surface area contributed by atoms with Crippen LogP contribution in [-0.4, -0.2) is 48.8 Å². The summed E-state index contributed by atoms with van der Waals surface area (Å²) in [5, 5.41) is 2.15. The monoisotopic (exact) mass is 318 g/mol. The van der Waals surface area contributed by atoms with Crippen LogP contribution in [0.5, 0.6) is 11.5 Å². The molecule has 1 atom stereocenters. The molecule has 8 nitrogen and oxygen atoms in total. The largest absolute Gasteiger partial charge is 0.493 e. The van der Waals surface area contributed by atoms with E-state index in [1.165, 1.54) is 26.4 Å². The van der Waals surface area contributed by atoms with Gasteiger partial charge in [-0.3, -0.25) is 29.4 Å². The van der Waals surface area contributed by atoms with Gasteiger partial charge in [0.15, 0.2) is 11.5 Å². The van der Waals surface area contributed by atoms with Crippen molar-refractivity contribution in [2.24, 2.45) is 0 Å². The zero-order valence-electron chi connectivity index (χ0n) is 12.5. The normalized spacial score (nSPS) is 20.4. The highest BCUT2D eigenvalue weighted by Gasteiger charge is 2.46. The summed E-state index contributed by atoms with van der Waals surface area (Å²) in [6, 6.07) is 1.98.